The van der Waals surface area contributed by atoms with Crippen LogP contribution in [0.2, 0.25) is 5.02 Å². The predicted octanol–water partition coefficient (Wildman–Crippen LogP) is 2.37. The summed E-state index contributed by atoms with van der Waals surface area (Å²) in [5.74, 6) is -1.04. The monoisotopic (exact) mass is 271 g/mol. The van der Waals surface area contributed by atoms with E-state index in [0.29, 0.717) is 0 Å². The zero-order chi connectivity index (χ0) is 13.3. The number of amides is 1. The quantitative estimate of drug-likeness (QED) is 0.883. The van der Waals surface area contributed by atoms with Crippen molar-refractivity contribution in [1.29, 1.82) is 0 Å². The van der Waals surface area contributed by atoms with Crippen molar-refractivity contribution in [2.75, 3.05) is 6.54 Å². The second kappa shape index (κ2) is 4.86. The second-order valence-corrected chi connectivity index (χ2v) is 5.32. The molecule has 1 aromatic carbocycles. The Morgan fingerprint density at radius 2 is 2.28 bits per heavy atom. The van der Waals surface area contributed by atoms with Gasteiger partial charge in [-0.05, 0) is 37.8 Å². The van der Waals surface area contributed by atoms with Crippen molar-refractivity contribution in [3.63, 3.8) is 0 Å². The summed E-state index contributed by atoms with van der Waals surface area (Å²) >= 11 is 5.79. The summed E-state index contributed by atoms with van der Waals surface area (Å²) < 4.78 is 13.5. The molecule has 1 fully saturated rings. The Morgan fingerprint density at radius 1 is 1.61 bits per heavy atom. The Balaban J connectivity index is 2.04. The number of carbonyl (C=O) groups is 1. The first-order chi connectivity index (χ1) is 8.42. The molecule has 0 spiro atoms. The Labute approximate surface area is 110 Å². The number of aliphatic hydroxyl groups is 1. The summed E-state index contributed by atoms with van der Waals surface area (Å²) in [4.78, 5) is 11.8. The van der Waals surface area contributed by atoms with E-state index in [1.807, 2.05) is 0 Å². The minimum atomic E-state index is -0.937. The third-order valence-corrected chi connectivity index (χ3v) is 3.57. The summed E-state index contributed by atoms with van der Waals surface area (Å²) in [5, 5.41) is 12.6. The predicted molar refractivity (Wildman–Crippen MR) is 67.1 cm³/mol. The highest BCUT2D eigenvalue weighted by atomic mass is 35.5. The fourth-order valence-corrected chi connectivity index (χ4v) is 2.16. The zero-order valence-corrected chi connectivity index (χ0v) is 10.8. The average molecular weight is 272 g/mol. The number of hydrogen-bond acceptors (Lipinski definition) is 2. The highest BCUT2D eigenvalue weighted by Gasteiger charge is 2.40. The van der Waals surface area contributed by atoms with Gasteiger partial charge in [0.1, 0.15) is 5.82 Å². The molecule has 0 aromatic heterocycles. The minimum absolute atomic E-state index is 0.0681. The normalized spacial score (nSPS) is 18.2. The molecule has 2 rings (SSSR count). The van der Waals surface area contributed by atoms with Gasteiger partial charge in [0.05, 0.1) is 16.2 Å². The highest BCUT2D eigenvalue weighted by Crippen LogP contribution is 2.39. The van der Waals surface area contributed by atoms with Crippen LogP contribution in [0.4, 0.5) is 4.39 Å². The first-order valence-electron chi connectivity index (χ1n) is 5.86. The number of halogens is 2. The van der Waals surface area contributed by atoms with Crippen molar-refractivity contribution in [3.05, 3.63) is 34.6 Å². The SMILES string of the molecule is C[C@](O)(CNC(=O)c1c(F)cccc1Cl)C1CC1. The third-order valence-electron chi connectivity index (χ3n) is 3.25. The maximum Gasteiger partial charge on any atom is 0.255 e. The van der Waals surface area contributed by atoms with Gasteiger partial charge in [-0.3, -0.25) is 4.79 Å². The highest BCUT2D eigenvalue weighted by molar-refractivity contribution is 6.33. The molecule has 0 bridgehead atoms. The molecule has 5 heteroatoms. The summed E-state index contributed by atoms with van der Waals surface area (Å²) in [6.07, 6.45) is 1.92. The molecule has 0 saturated heterocycles. The minimum Gasteiger partial charge on any atom is -0.388 e. The maximum atomic E-state index is 13.5. The molecule has 3 nitrogen and oxygen atoms in total. The van der Waals surface area contributed by atoms with Crippen LogP contribution in [0.1, 0.15) is 30.1 Å². The van der Waals surface area contributed by atoms with Crippen LogP contribution >= 0.6 is 11.6 Å². The Hall–Kier alpha value is -1.13. The van der Waals surface area contributed by atoms with Gasteiger partial charge < -0.3 is 10.4 Å². The molecule has 0 heterocycles. The van der Waals surface area contributed by atoms with Crippen molar-refractivity contribution in [1.82, 2.24) is 5.32 Å². The van der Waals surface area contributed by atoms with Crippen LogP contribution in [0, 0.1) is 11.7 Å². The van der Waals surface area contributed by atoms with Crippen LogP contribution < -0.4 is 5.32 Å². The molecular formula is C13H15ClFNO2. The number of hydrogen-bond donors (Lipinski definition) is 2. The van der Waals surface area contributed by atoms with Crippen LogP contribution in [0.25, 0.3) is 0 Å². The van der Waals surface area contributed by atoms with E-state index in [4.69, 9.17) is 11.6 Å². The van der Waals surface area contributed by atoms with Crippen molar-refractivity contribution in [3.8, 4) is 0 Å². The van der Waals surface area contributed by atoms with Crippen LogP contribution in [0.15, 0.2) is 18.2 Å². The number of benzene rings is 1. The second-order valence-electron chi connectivity index (χ2n) is 4.91. The molecule has 1 amide bonds. The molecule has 0 radical (unpaired) electrons. The molecule has 98 valence electrons. The lowest BCUT2D eigenvalue weighted by molar-refractivity contribution is 0.0353. The molecule has 0 aliphatic heterocycles. The topological polar surface area (TPSA) is 49.3 Å². The van der Waals surface area contributed by atoms with E-state index in [2.05, 4.69) is 5.32 Å². The summed E-state index contributed by atoms with van der Waals surface area (Å²) in [6, 6.07) is 4.08. The van der Waals surface area contributed by atoms with Crippen LogP contribution in [-0.4, -0.2) is 23.2 Å². The molecule has 2 N–H and O–H groups in total. The largest absolute Gasteiger partial charge is 0.388 e. The van der Waals surface area contributed by atoms with Gasteiger partial charge in [0.15, 0.2) is 0 Å². The van der Waals surface area contributed by atoms with E-state index >= 15 is 0 Å². The smallest absolute Gasteiger partial charge is 0.255 e. The van der Waals surface area contributed by atoms with Crippen LogP contribution in [0.3, 0.4) is 0 Å². The van der Waals surface area contributed by atoms with Gasteiger partial charge in [-0.2, -0.15) is 0 Å². The van der Waals surface area contributed by atoms with Gasteiger partial charge in [-0.15, -0.1) is 0 Å². The number of rotatable bonds is 4. The van der Waals surface area contributed by atoms with E-state index < -0.39 is 17.3 Å². The van der Waals surface area contributed by atoms with Crippen LogP contribution in [-0.2, 0) is 0 Å². The summed E-state index contributed by atoms with van der Waals surface area (Å²) in [6.45, 7) is 1.77. The zero-order valence-electron chi connectivity index (χ0n) is 10.0. The van der Waals surface area contributed by atoms with Crippen LogP contribution in [0.5, 0.6) is 0 Å². The van der Waals surface area contributed by atoms with Gasteiger partial charge >= 0.3 is 0 Å². The molecule has 18 heavy (non-hydrogen) atoms. The first-order valence-corrected chi connectivity index (χ1v) is 6.24. The van der Waals surface area contributed by atoms with E-state index in [0.717, 1.165) is 12.8 Å². The Bertz CT molecular complexity index is 452. The van der Waals surface area contributed by atoms with Gasteiger partial charge in [-0.1, -0.05) is 17.7 Å². The summed E-state index contributed by atoms with van der Waals surface area (Å²) in [7, 11) is 0. The Kier molecular flexibility index (Phi) is 3.59. The van der Waals surface area contributed by atoms with E-state index in [1.165, 1.54) is 18.2 Å². The summed E-state index contributed by atoms with van der Waals surface area (Å²) in [5.41, 5.74) is -1.11. The molecule has 1 aliphatic carbocycles. The molecule has 1 aromatic rings. The van der Waals surface area contributed by atoms with Gasteiger partial charge in [0, 0.05) is 6.54 Å². The van der Waals surface area contributed by atoms with Crippen molar-refractivity contribution in [2.24, 2.45) is 5.92 Å². The fraction of sp³-hybridized carbons (Fsp3) is 0.462. The van der Waals surface area contributed by atoms with Gasteiger partial charge in [0.25, 0.3) is 5.91 Å². The third kappa shape index (κ3) is 2.82. The lowest BCUT2D eigenvalue weighted by atomic mass is 10.0. The molecule has 1 saturated carbocycles. The first kappa shape index (κ1) is 13.3. The lowest BCUT2D eigenvalue weighted by Gasteiger charge is -2.23. The van der Waals surface area contributed by atoms with Crippen molar-refractivity contribution in [2.45, 2.75) is 25.4 Å². The fourth-order valence-electron chi connectivity index (χ4n) is 1.91. The standard InChI is InChI=1S/C13H15ClFNO2/c1-13(18,8-5-6-8)7-16-12(17)11-9(14)3-2-4-10(11)15/h2-4,8,18H,5-7H2,1H3,(H,16,17)/t13-/m0/s1. The van der Waals surface area contributed by atoms with E-state index in [-0.39, 0.29) is 23.0 Å². The number of carbonyl (C=O) groups excluding carboxylic acids is 1. The average Bonchev–Trinajstić information content (AvgIpc) is 3.10. The Morgan fingerprint density at radius 3 is 2.83 bits per heavy atom. The van der Waals surface area contributed by atoms with Gasteiger partial charge in [-0.25, -0.2) is 4.39 Å². The van der Waals surface area contributed by atoms with E-state index in [1.54, 1.807) is 6.92 Å². The molecule has 1 atom stereocenters. The lowest BCUT2D eigenvalue weighted by Crippen LogP contribution is -2.42. The number of nitrogens with one attached hydrogen (secondary N) is 1. The molecular weight excluding hydrogens is 257 g/mol. The molecule has 1 aliphatic rings. The van der Waals surface area contributed by atoms with Crippen molar-refractivity contribution < 1.29 is 14.3 Å². The van der Waals surface area contributed by atoms with Gasteiger partial charge in [0.2, 0.25) is 0 Å². The van der Waals surface area contributed by atoms with Crippen molar-refractivity contribution >= 4 is 17.5 Å². The van der Waals surface area contributed by atoms with E-state index in [9.17, 15) is 14.3 Å². The maximum absolute atomic E-state index is 13.5. The molecule has 0 unspecified atom stereocenters.